The van der Waals surface area contributed by atoms with Gasteiger partial charge in [-0.05, 0) is 55.4 Å². The van der Waals surface area contributed by atoms with Crippen molar-refractivity contribution in [2.75, 3.05) is 7.11 Å². The average molecular weight is 338 g/mol. The van der Waals surface area contributed by atoms with E-state index in [9.17, 15) is 14.7 Å². The molecule has 25 heavy (non-hydrogen) atoms. The maximum absolute atomic E-state index is 12.1. The summed E-state index contributed by atoms with van der Waals surface area (Å²) < 4.78 is 4.72. The molecule has 0 amide bonds. The molecule has 2 atom stereocenters. The largest absolute Gasteiger partial charge is 0.481 e. The van der Waals surface area contributed by atoms with Crippen molar-refractivity contribution in [2.45, 2.75) is 37.5 Å². The second-order valence-corrected chi connectivity index (χ2v) is 6.81. The van der Waals surface area contributed by atoms with E-state index in [0.29, 0.717) is 18.4 Å². The number of aryl methyl sites for hydroxylation is 1. The molecule has 0 unspecified atom stereocenters. The van der Waals surface area contributed by atoms with Crippen LogP contribution in [0.2, 0.25) is 0 Å². The van der Waals surface area contributed by atoms with Crippen molar-refractivity contribution in [3.63, 3.8) is 0 Å². The number of carboxylic acids is 1. The minimum Gasteiger partial charge on any atom is -0.481 e. The maximum atomic E-state index is 12.1. The van der Waals surface area contributed by atoms with Crippen LogP contribution in [0.4, 0.5) is 0 Å². The molecule has 130 valence electrons. The van der Waals surface area contributed by atoms with Crippen molar-refractivity contribution in [1.29, 1.82) is 0 Å². The Labute approximate surface area is 147 Å². The van der Waals surface area contributed by atoms with E-state index in [4.69, 9.17) is 4.74 Å². The zero-order chi connectivity index (χ0) is 18.0. The van der Waals surface area contributed by atoms with Crippen LogP contribution in [0.5, 0.6) is 0 Å². The summed E-state index contributed by atoms with van der Waals surface area (Å²) in [5.74, 6) is -0.952. The molecule has 0 radical (unpaired) electrons. The second-order valence-electron chi connectivity index (χ2n) is 6.81. The van der Waals surface area contributed by atoms with Gasteiger partial charge >= 0.3 is 11.9 Å². The van der Waals surface area contributed by atoms with Crippen LogP contribution in [0.25, 0.3) is 0 Å². The number of ether oxygens (including phenoxy) is 1. The van der Waals surface area contributed by atoms with Crippen molar-refractivity contribution in [2.24, 2.45) is 0 Å². The molecule has 1 aliphatic carbocycles. The number of aliphatic carboxylic acids is 1. The van der Waals surface area contributed by atoms with Crippen LogP contribution in [-0.2, 0) is 14.9 Å². The van der Waals surface area contributed by atoms with Gasteiger partial charge in [-0.1, -0.05) is 42.0 Å². The van der Waals surface area contributed by atoms with Crippen LogP contribution in [0, 0.1) is 6.92 Å². The number of methoxy groups -OCH3 is 1. The van der Waals surface area contributed by atoms with E-state index in [2.05, 4.69) is 0 Å². The Morgan fingerprint density at radius 3 is 2.28 bits per heavy atom. The Morgan fingerprint density at radius 2 is 1.72 bits per heavy atom. The Hall–Kier alpha value is -2.62. The van der Waals surface area contributed by atoms with Crippen LogP contribution in [-0.4, -0.2) is 24.2 Å². The average Bonchev–Trinajstić information content (AvgIpc) is 3.08. The summed E-state index contributed by atoms with van der Waals surface area (Å²) in [6.45, 7) is 2.00. The van der Waals surface area contributed by atoms with E-state index >= 15 is 0 Å². The van der Waals surface area contributed by atoms with Gasteiger partial charge in [0.1, 0.15) is 0 Å². The summed E-state index contributed by atoms with van der Waals surface area (Å²) in [5.41, 5.74) is 2.74. The second kappa shape index (κ2) is 6.71. The zero-order valence-corrected chi connectivity index (χ0v) is 14.5. The molecule has 2 aromatic rings. The minimum absolute atomic E-state index is 0.170. The summed E-state index contributed by atoms with van der Waals surface area (Å²) in [6.07, 6.45) is 2.01. The third-order valence-corrected chi connectivity index (χ3v) is 5.33. The highest BCUT2D eigenvalue weighted by atomic mass is 16.5. The number of carboxylic acid groups (broad SMARTS) is 1. The summed E-state index contributed by atoms with van der Waals surface area (Å²) >= 11 is 0. The Kier molecular flexibility index (Phi) is 4.62. The van der Waals surface area contributed by atoms with Gasteiger partial charge in [-0.2, -0.15) is 0 Å². The monoisotopic (exact) mass is 338 g/mol. The predicted octanol–water partition coefficient (Wildman–Crippen LogP) is 4.07. The fraction of sp³-hybridized carbons (Fsp3) is 0.333. The number of hydrogen-bond donors (Lipinski definition) is 1. The fourth-order valence-corrected chi connectivity index (χ4v) is 3.79. The van der Waals surface area contributed by atoms with Gasteiger partial charge in [0.05, 0.1) is 18.1 Å². The van der Waals surface area contributed by atoms with Gasteiger partial charge < -0.3 is 9.84 Å². The molecule has 0 saturated heterocycles. The van der Waals surface area contributed by atoms with Crippen molar-refractivity contribution in [3.05, 3.63) is 70.8 Å². The first kappa shape index (κ1) is 17.2. The Balaban J connectivity index is 1.86. The van der Waals surface area contributed by atoms with E-state index in [1.54, 1.807) is 12.1 Å². The summed E-state index contributed by atoms with van der Waals surface area (Å²) in [4.78, 5) is 23.7. The molecule has 2 aromatic carbocycles. The minimum atomic E-state index is -0.834. The molecular formula is C21H22O4. The first-order chi connectivity index (χ1) is 12.0. The van der Waals surface area contributed by atoms with Gasteiger partial charge in [0.15, 0.2) is 0 Å². The van der Waals surface area contributed by atoms with Crippen LogP contribution >= 0.6 is 0 Å². The molecule has 4 heteroatoms. The van der Waals surface area contributed by atoms with E-state index in [1.165, 1.54) is 7.11 Å². The zero-order valence-electron chi connectivity index (χ0n) is 14.5. The summed E-state index contributed by atoms with van der Waals surface area (Å²) in [7, 11) is 1.36. The fourth-order valence-electron chi connectivity index (χ4n) is 3.79. The Morgan fingerprint density at radius 1 is 1.08 bits per heavy atom. The molecule has 0 bridgehead atoms. The van der Waals surface area contributed by atoms with Crippen molar-refractivity contribution >= 4 is 11.9 Å². The normalized spacial score (nSPS) is 22.6. The third kappa shape index (κ3) is 3.16. The number of carbonyl (C=O) groups excluding carboxylic acids is 1. The van der Waals surface area contributed by atoms with Crippen LogP contribution in [0.15, 0.2) is 48.5 Å². The molecule has 0 aromatic heterocycles. The van der Waals surface area contributed by atoms with Crippen molar-refractivity contribution < 1.29 is 19.4 Å². The third-order valence-electron chi connectivity index (χ3n) is 5.33. The SMILES string of the molecule is COC(=O)c1ccc([C@H]2CC[C@](C(=O)O)(c3ccc(C)cc3)C2)cc1. The molecule has 0 heterocycles. The smallest absolute Gasteiger partial charge is 0.337 e. The molecule has 1 fully saturated rings. The molecule has 1 N–H and O–H groups in total. The van der Waals surface area contributed by atoms with Crippen LogP contribution < -0.4 is 0 Å². The highest BCUT2D eigenvalue weighted by molar-refractivity contribution is 5.89. The lowest BCUT2D eigenvalue weighted by molar-refractivity contribution is -0.143. The van der Waals surface area contributed by atoms with E-state index in [-0.39, 0.29) is 11.9 Å². The van der Waals surface area contributed by atoms with E-state index < -0.39 is 11.4 Å². The lowest BCUT2D eigenvalue weighted by atomic mass is 9.77. The molecule has 0 spiro atoms. The van der Waals surface area contributed by atoms with E-state index in [1.807, 2.05) is 43.3 Å². The number of rotatable bonds is 4. The highest BCUT2D eigenvalue weighted by Crippen LogP contribution is 2.48. The van der Waals surface area contributed by atoms with Gasteiger partial charge in [0.25, 0.3) is 0 Å². The number of hydrogen-bond acceptors (Lipinski definition) is 3. The highest BCUT2D eigenvalue weighted by Gasteiger charge is 2.47. The van der Waals surface area contributed by atoms with Gasteiger partial charge in [-0.25, -0.2) is 4.79 Å². The van der Waals surface area contributed by atoms with Gasteiger partial charge in [0, 0.05) is 0 Å². The standard InChI is InChI=1S/C21H22O4/c1-14-3-9-18(10-4-14)21(20(23)24)12-11-17(13-21)15-5-7-16(8-6-15)19(22)25-2/h3-10,17H,11-13H2,1-2H3,(H,23,24)/t17-,21+/m0/s1. The number of benzene rings is 2. The van der Waals surface area contributed by atoms with Gasteiger partial charge in [0.2, 0.25) is 0 Å². The topological polar surface area (TPSA) is 63.6 Å². The van der Waals surface area contributed by atoms with E-state index in [0.717, 1.165) is 23.1 Å². The maximum Gasteiger partial charge on any atom is 0.337 e. The molecule has 4 nitrogen and oxygen atoms in total. The quantitative estimate of drug-likeness (QED) is 0.854. The lowest BCUT2D eigenvalue weighted by Crippen LogP contribution is -2.33. The van der Waals surface area contributed by atoms with Crippen LogP contribution in [0.3, 0.4) is 0 Å². The van der Waals surface area contributed by atoms with Crippen molar-refractivity contribution in [3.8, 4) is 0 Å². The van der Waals surface area contributed by atoms with Crippen molar-refractivity contribution in [1.82, 2.24) is 0 Å². The summed E-state index contributed by atoms with van der Waals surface area (Å²) in [5, 5.41) is 9.94. The molecular weight excluding hydrogens is 316 g/mol. The molecule has 1 saturated carbocycles. The first-order valence-electron chi connectivity index (χ1n) is 8.45. The Bertz CT molecular complexity index is 777. The summed E-state index contributed by atoms with van der Waals surface area (Å²) in [6, 6.07) is 15.1. The van der Waals surface area contributed by atoms with Gasteiger partial charge in [-0.15, -0.1) is 0 Å². The molecule has 1 aliphatic rings. The number of esters is 1. The molecule has 0 aliphatic heterocycles. The number of carbonyl (C=O) groups is 2. The lowest BCUT2D eigenvalue weighted by Gasteiger charge is -2.25. The van der Waals surface area contributed by atoms with Gasteiger partial charge in [-0.3, -0.25) is 4.79 Å². The first-order valence-corrected chi connectivity index (χ1v) is 8.45. The predicted molar refractivity (Wildman–Crippen MR) is 94.9 cm³/mol. The molecule has 3 rings (SSSR count). The van der Waals surface area contributed by atoms with Crippen LogP contribution in [0.1, 0.15) is 52.2 Å².